The molecule has 1 N–H and O–H groups in total. The molecule has 2 fully saturated rings. The topological polar surface area (TPSA) is 109 Å². The lowest BCUT2D eigenvalue weighted by atomic mass is 10.0. The number of anilines is 2. The highest BCUT2D eigenvalue weighted by atomic mass is 35.6. The van der Waals surface area contributed by atoms with Crippen molar-refractivity contribution in [3.63, 3.8) is 0 Å². The van der Waals surface area contributed by atoms with Gasteiger partial charge >= 0.3 is 0 Å². The number of nitrogens with one attached hydrogen (secondary N) is 1. The predicted octanol–water partition coefficient (Wildman–Crippen LogP) is 3.12. The van der Waals surface area contributed by atoms with Crippen LogP contribution in [0.1, 0.15) is 25.2 Å². The van der Waals surface area contributed by atoms with Gasteiger partial charge in [0.2, 0.25) is 5.91 Å². The van der Waals surface area contributed by atoms with Crippen molar-refractivity contribution < 1.29 is 22.1 Å². The van der Waals surface area contributed by atoms with E-state index in [0.29, 0.717) is 44.8 Å². The molecule has 0 spiro atoms. The van der Waals surface area contributed by atoms with Crippen LogP contribution in [0.15, 0.2) is 27.6 Å². The second-order valence-electron chi connectivity index (χ2n) is 8.05. The van der Waals surface area contributed by atoms with Gasteiger partial charge in [0.05, 0.1) is 10.6 Å². The van der Waals surface area contributed by atoms with Crippen LogP contribution in [0.5, 0.6) is 0 Å². The highest BCUT2D eigenvalue weighted by Crippen LogP contribution is 2.38. The third kappa shape index (κ3) is 5.31. The number of hydrogen-bond acceptors (Lipinski definition) is 8. The molecule has 4 rings (SSSR count). The Bertz CT molecular complexity index is 1150. The molecule has 2 saturated heterocycles. The number of likely N-dealkylation sites (tertiary alicyclic amines) is 1. The minimum absolute atomic E-state index is 0.0255. The summed E-state index contributed by atoms with van der Waals surface area (Å²) in [5, 5.41) is 6.77. The molecule has 0 bridgehead atoms. The molecule has 0 unspecified atom stereocenters. The molecule has 1 amide bonds. The summed E-state index contributed by atoms with van der Waals surface area (Å²) in [4.78, 5) is 20.7. The number of piperidine rings is 1. The zero-order chi connectivity index (χ0) is 24.0. The van der Waals surface area contributed by atoms with E-state index in [2.05, 4.69) is 15.5 Å². The third-order valence-corrected chi connectivity index (χ3v) is 7.38. The number of halogens is 4. The van der Waals surface area contributed by atoms with E-state index in [1.807, 2.05) is 4.90 Å². The van der Waals surface area contributed by atoms with Gasteiger partial charge in [-0.1, -0.05) is 34.8 Å². The fourth-order valence-electron chi connectivity index (χ4n) is 4.07. The molecule has 1 aromatic heterocycles. The largest absolute Gasteiger partial charge is 0.371 e. The molecular weight excluding hydrogens is 520 g/mol. The Balaban J connectivity index is 1.35. The van der Waals surface area contributed by atoms with Crippen LogP contribution in [-0.4, -0.2) is 67.3 Å². The van der Waals surface area contributed by atoms with E-state index in [1.165, 1.54) is 12.1 Å². The Labute approximate surface area is 205 Å². The Morgan fingerprint density at radius 2 is 1.88 bits per heavy atom. The molecule has 0 radical (unpaired) electrons. The van der Waals surface area contributed by atoms with Crippen molar-refractivity contribution in [2.45, 2.75) is 40.0 Å². The van der Waals surface area contributed by atoms with Crippen molar-refractivity contribution in [2.24, 2.45) is 0 Å². The van der Waals surface area contributed by atoms with E-state index in [-0.39, 0.29) is 28.4 Å². The zero-order valence-corrected chi connectivity index (χ0v) is 20.6. The average Bonchev–Trinajstić information content (AvgIpc) is 3.37. The summed E-state index contributed by atoms with van der Waals surface area (Å²) in [5.41, 5.74) is 0.0966. The second kappa shape index (κ2) is 9.09. The highest BCUT2D eigenvalue weighted by Gasteiger charge is 2.38. The van der Waals surface area contributed by atoms with Gasteiger partial charge in [-0.2, -0.15) is 4.98 Å². The highest BCUT2D eigenvalue weighted by molar-refractivity contribution is 7.90. The van der Waals surface area contributed by atoms with E-state index >= 15 is 0 Å². The van der Waals surface area contributed by atoms with Crippen LogP contribution in [0.2, 0.25) is 0 Å². The second-order valence-corrected chi connectivity index (χ2v) is 12.3. The normalized spacial score (nSPS) is 20.5. The number of amides is 1. The van der Waals surface area contributed by atoms with Gasteiger partial charge in [-0.15, -0.1) is 0 Å². The summed E-state index contributed by atoms with van der Waals surface area (Å²) < 4.78 is 40.8. The number of hydrogen-bond donors (Lipinski definition) is 1. The smallest absolute Gasteiger partial charge is 0.280 e. The van der Waals surface area contributed by atoms with Crippen LogP contribution < -0.4 is 10.2 Å². The van der Waals surface area contributed by atoms with E-state index in [0.717, 1.165) is 12.3 Å². The maximum Gasteiger partial charge on any atom is 0.280 e. The number of rotatable bonds is 5. The molecule has 2 aliphatic heterocycles. The van der Waals surface area contributed by atoms with Crippen molar-refractivity contribution in [2.75, 3.05) is 36.1 Å². The minimum Gasteiger partial charge on any atom is -0.371 e. The van der Waals surface area contributed by atoms with Gasteiger partial charge in [0.15, 0.2) is 9.84 Å². The van der Waals surface area contributed by atoms with Gasteiger partial charge in [0.1, 0.15) is 11.9 Å². The molecule has 2 aliphatic rings. The molecule has 14 heteroatoms. The molecule has 0 aliphatic carbocycles. The van der Waals surface area contributed by atoms with Crippen molar-refractivity contribution in [3.8, 4) is 0 Å². The van der Waals surface area contributed by atoms with E-state index < -0.39 is 25.5 Å². The molecule has 3 heterocycles. The Morgan fingerprint density at radius 1 is 1.18 bits per heavy atom. The number of carbonyl (C=O) groups excluding carboxylic acids is 1. The first kappa shape index (κ1) is 24.3. The van der Waals surface area contributed by atoms with Crippen molar-refractivity contribution in [1.29, 1.82) is 0 Å². The lowest BCUT2D eigenvalue weighted by Gasteiger charge is -2.36. The van der Waals surface area contributed by atoms with Crippen LogP contribution in [0.3, 0.4) is 0 Å². The fourth-order valence-corrected chi connectivity index (χ4v) is 4.93. The quantitative estimate of drug-likeness (QED) is 0.576. The average molecular weight is 541 g/mol. The molecule has 1 atom stereocenters. The number of sulfone groups is 1. The lowest BCUT2D eigenvalue weighted by Crippen LogP contribution is -2.47. The molecular formula is C19H21Cl3FN5O4S. The summed E-state index contributed by atoms with van der Waals surface area (Å²) in [6.45, 7) is 1.73. The minimum atomic E-state index is -3.52. The van der Waals surface area contributed by atoms with Gasteiger partial charge in [-0.25, -0.2) is 12.8 Å². The molecule has 9 nitrogen and oxygen atoms in total. The van der Waals surface area contributed by atoms with E-state index in [4.69, 9.17) is 39.3 Å². The van der Waals surface area contributed by atoms with Crippen LogP contribution in [0, 0.1) is 5.82 Å². The Kier molecular flexibility index (Phi) is 6.69. The van der Waals surface area contributed by atoms with Gasteiger partial charge in [0.25, 0.3) is 15.6 Å². The number of alkyl halides is 3. The van der Waals surface area contributed by atoms with Crippen molar-refractivity contribution >= 4 is 62.2 Å². The maximum atomic E-state index is 14.4. The summed E-state index contributed by atoms with van der Waals surface area (Å²) in [5.74, 6) is -0.606. The molecule has 33 heavy (non-hydrogen) atoms. The predicted molar refractivity (Wildman–Crippen MR) is 122 cm³/mol. The van der Waals surface area contributed by atoms with Crippen LogP contribution in [0.4, 0.5) is 16.0 Å². The van der Waals surface area contributed by atoms with Crippen LogP contribution >= 0.6 is 34.8 Å². The first-order valence-electron chi connectivity index (χ1n) is 10.2. The van der Waals surface area contributed by atoms with Crippen LogP contribution in [0.25, 0.3) is 0 Å². The number of benzene rings is 1. The Hall–Kier alpha value is -1.82. The molecule has 0 saturated carbocycles. The summed E-state index contributed by atoms with van der Waals surface area (Å²) in [6.07, 6.45) is 2.90. The zero-order valence-electron chi connectivity index (χ0n) is 17.5. The van der Waals surface area contributed by atoms with Crippen molar-refractivity contribution in [3.05, 3.63) is 29.9 Å². The SMILES string of the molecule is CS(=O)(=O)c1ccc(N[C@H]2CCN(C3CCN(c4noc(C(Cl)(Cl)Cl)n4)CC3)C2=O)c(F)c1. The Morgan fingerprint density at radius 3 is 2.45 bits per heavy atom. The maximum absolute atomic E-state index is 14.4. The van der Waals surface area contributed by atoms with E-state index in [1.54, 1.807) is 4.90 Å². The van der Waals surface area contributed by atoms with Gasteiger partial charge in [-0.3, -0.25) is 4.79 Å². The van der Waals surface area contributed by atoms with E-state index in [9.17, 15) is 17.6 Å². The molecule has 180 valence electrons. The van der Waals surface area contributed by atoms with Gasteiger partial charge in [-0.05, 0) is 42.6 Å². The number of aromatic nitrogens is 2. The fraction of sp³-hybridized carbons (Fsp3) is 0.526. The van der Waals surface area contributed by atoms with Crippen molar-refractivity contribution in [1.82, 2.24) is 15.0 Å². The van der Waals surface area contributed by atoms with Gasteiger partial charge in [0, 0.05) is 31.9 Å². The monoisotopic (exact) mass is 539 g/mol. The first-order chi connectivity index (χ1) is 15.4. The standard InChI is InChI=1S/C19H21Cl3FN5O4S/c1-33(30,31)12-2-3-14(13(23)10-12)24-15-6-9-28(16(15)29)11-4-7-27(8-5-11)18-25-17(32-26-18)19(20,21)22/h2-3,10-11,15,24H,4-9H2,1H3/t15-/m0/s1. The number of nitrogens with zero attached hydrogens (tertiary/aromatic N) is 4. The summed E-state index contributed by atoms with van der Waals surface area (Å²) in [6, 6.07) is 3.07. The van der Waals surface area contributed by atoms with Crippen LogP contribution in [-0.2, 0) is 18.4 Å². The summed E-state index contributed by atoms with van der Waals surface area (Å²) in [7, 11) is -3.52. The summed E-state index contributed by atoms with van der Waals surface area (Å²) >= 11 is 17.3. The first-order valence-corrected chi connectivity index (χ1v) is 13.2. The van der Waals surface area contributed by atoms with Gasteiger partial charge < -0.3 is 19.6 Å². The molecule has 2 aromatic rings. The third-order valence-electron chi connectivity index (χ3n) is 5.78. The lowest BCUT2D eigenvalue weighted by molar-refractivity contribution is -0.130. The number of carbonyl (C=O) groups is 1. The molecule has 1 aromatic carbocycles.